The summed E-state index contributed by atoms with van der Waals surface area (Å²) >= 11 is 6.28. The van der Waals surface area contributed by atoms with Crippen molar-refractivity contribution in [1.82, 2.24) is 19.3 Å². The summed E-state index contributed by atoms with van der Waals surface area (Å²) in [6, 6.07) is 8.68. The molecule has 2 heterocycles. The number of benzene rings is 1. The first-order chi connectivity index (χ1) is 13.9. The van der Waals surface area contributed by atoms with Crippen molar-refractivity contribution in [3.8, 4) is 22.8 Å². The number of hydrogen-bond acceptors (Lipinski definition) is 6. The molecule has 0 radical (unpaired) electrons. The summed E-state index contributed by atoms with van der Waals surface area (Å²) in [5.74, 6) is 0.427. The van der Waals surface area contributed by atoms with Gasteiger partial charge in [-0.3, -0.25) is 9.78 Å². The zero-order valence-corrected chi connectivity index (χ0v) is 17.1. The second-order valence-corrected chi connectivity index (χ2v) is 6.83. The van der Waals surface area contributed by atoms with E-state index in [1.54, 1.807) is 43.5 Å². The minimum absolute atomic E-state index is 0.0297. The molecule has 2 aromatic heterocycles. The largest absolute Gasteiger partial charge is 0.491 e. The van der Waals surface area contributed by atoms with Crippen molar-refractivity contribution in [3.05, 3.63) is 58.2 Å². The molecule has 152 valence electrons. The van der Waals surface area contributed by atoms with Crippen LogP contribution in [-0.2, 0) is 16.1 Å². The van der Waals surface area contributed by atoms with E-state index in [1.807, 2.05) is 13.8 Å². The van der Waals surface area contributed by atoms with E-state index in [-0.39, 0.29) is 19.3 Å². The minimum atomic E-state index is -0.549. The molecule has 0 aliphatic carbocycles. The van der Waals surface area contributed by atoms with Crippen LogP contribution in [0.4, 0.5) is 0 Å². The number of nitrogens with zero attached hydrogens (tertiary/aromatic N) is 4. The molecule has 8 nitrogen and oxygen atoms in total. The Labute approximate surface area is 172 Å². The molecule has 9 heteroatoms. The van der Waals surface area contributed by atoms with Gasteiger partial charge in [0.25, 0.3) is 0 Å². The number of aromatic nitrogens is 4. The molecule has 0 amide bonds. The molecule has 0 atom stereocenters. The lowest BCUT2D eigenvalue weighted by Gasteiger charge is -2.11. The fourth-order valence-electron chi connectivity index (χ4n) is 2.75. The van der Waals surface area contributed by atoms with Gasteiger partial charge in [0.15, 0.2) is 5.82 Å². The second-order valence-electron chi connectivity index (χ2n) is 6.42. The third-order valence-corrected chi connectivity index (χ3v) is 4.20. The molecule has 0 aliphatic heterocycles. The van der Waals surface area contributed by atoms with Crippen LogP contribution in [0.25, 0.3) is 17.1 Å². The van der Waals surface area contributed by atoms with Crippen molar-refractivity contribution >= 4 is 17.6 Å². The van der Waals surface area contributed by atoms with Gasteiger partial charge >= 0.3 is 11.7 Å². The Morgan fingerprint density at radius 2 is 1.93 bits per heavy atom. The van der Waals surface area contributed by atoms with Gasteiger partial charge in [-0.15, -0.1) is 5.10 Å². The fraction of sp³-hybridized carbons (Fsp3) is 0.300. The number of esters is 1. The maximum absolute atomic E-state index is 13.0. The fourth-order valence-corrected chi connectivity index (χ4v) is 2.95. The topological polar surface area (TPSA) is 88.2 Å². The van der Waals surface area contributed by atoms with Crippen LogP contribution in [0.2, 0.25) is 5.02 Å². The van der Waals surface area contributed by atoms with Crippen LogP contribution >= 0.6 is 11.6 Å². The molecule has 0 aliphatic rings. The molecule has 0 saturated carbocycles. The van der Waals surface area contributed by atoms with Gasteiger partial charge in [-0.2, -0.15) is 0 Å². The van der Waals surface area contributed by atoms with Gasteiger partial charge in [0.2, 0.25) is 0 Å². The normalized spacial score (nSPS) is 10.9. The number of carbonyl (C=O) groups is 1. The first-order valence-electron chi connectivity index (χ1n) is 9.13. The molecular weight excluding hydrogens is 396 g/mol. The standard InChI is InChI=1S/C20H21ClN4O4/c1-4-28-18(26)12-24-20(27)25(14-5-7-15(8-6-14)29-13(2)3)19(23-24)16-9-10-22-11-17(16)21/h5-11,13H,4,12H2,1-3H3. The van der Waals surface area contributed by atoms with Gasteiger partial charge in [-0.25, -0.2) is 14.0 Å². The van der Waals surface area contributed by atoms with Crippen LogP contribution in [0.3, 0.4) is 0 Å². The summed E-state index contributed by atoms with van der Waals surface area (Å²) in [5, 5.41) is 4.67. The van der Waals surface area contributed by atoms with Gasteiger partial charge in [-0.1, -0.05) is 11.6 Å². The van der Waals surface area contributed by atoms with Crippen LogP contribution in [0.5, 0.6) is 5.75 Å². The van der Waals surface area contributed by atoms with Gasteiger partial charge in [-0.05, 0) is 51.1 Å². The van der Waals surface area contributed by atoms with Crippen molar-refractivity contribution in [2.45, 2.75) is 33.4 Å². The van der Waals surface area contributed by atoms with E-state index in [0.29, 0.717) is 27.8 Å². The van der Waals surface area contributed by atoms with Crippen molar-refractivity contribution in [2.24, 2.45) is 0 Å². The average Bonchev–Trinajstić information content (AvgIpc) is 2.98. The molecule has 0 spiro atoms. The number of halogens is 1. The zero-order chi connectivity index (χ0) is 21.0. The summed E-state index contributed by atoms with van der Waals surface area (Å²) < 4.78 is 13.0. The molecular formula is C20H21ClN4O4. The van der Waals surface area contributed by atoms with Crippen LogP contribution in [-0.4, -0.2) is 38.0 Å². The monoisotopic (exact) mass is 416 g/mol. The molecule has 0 unspecified atom stereocenters. The van der Waals surface area contributed by atoms with Crippen LogP contribution in [0.15, 0.2) is 47.5 Å². The Balaban J connectivity index is 2.11. The lowest BCUT2D eigenvalue weighted by atomic mass is 10.2. The smallest absolute Gasteiger partial charge is 0.351 e. The number of hydrogen-bond donors (Lipinski definition) is 0. The molecule has 3 rings (SSSR count). The summed E-state index contributed by atoms with van der Waals surface area (Å²) in [6.07, 6.45) is 3.05. The maximum atomic E-state index is 13.0. The first kappa shape index (κ1) is 20.6. The van der Waals surface area contributed by atoms with Crippen LogP contribution in [0.1, 0.15) is 20.8 Å². The van der Waals surface area contributed by atoms with Crippen molar-refractivity contribution in [2.75, 3.05) is 6.61 Å². The van der Waals surface area contributed by atoms with Crippen molar-refractivity contribution < 1.29 is 14.3 Å². The Bertz CT molecular complexity index is 1060. The van der Waals surface area contributed by atoms with Crippen LogP contribution in [0, 0.1) is 0 Å². The lowest BCUT2D eigenvalue weighted by molar-refractivity contribution is -0.144. The Morgan fingerprint density at radius 3 is 2.55 bits per heavy atom. The van der Waals surface area contributed by atoms with E-state index in [1.165, 1.54) is 10.8 Å². The van der Waals surface area contributed by atoms with E-state index in [2.05, 4.69) is 10.1 Å². The Hall–Kier alpha value is -3.13. The molecule has 1 aromatic carbocycles. The minimum Gasteiger partial charge on any atom is -0.491 e. The Kier molecular flexibility index (Phi) is 6.33. The molecule has 0 bridgehead atoms. The predicted octanol–water partition coefficient (Wildman–Crippen LogP) is 3.10. The van der Waals surface area contributed by atoms with E-state index in [0.717, 1.165) is 4.68 Å². The number of ether oxygens (including phenoxy) is 2. The van der Waals surface area contributed by atoms with Gasteiger partial charge < -0.3 is 9.47 Å². The summed E-state index contributed by atoms with van der Waals surface area (Å²) in [7, 11) is 0. The molecule has 0 N–H and O–H groups in total. The third-order valence-electron chi connectivity index (χ3n) is 3.90. The van der Waals surface area contributed by atoms with Gasteiger partial charge in [0.05, 0.1) is 23.4 Å². The molecule has 0 saturated heterocycles. The second kappa shape index (κ2) is 8.91. The highest BCUT2D eigenvalue weighted by Crippen LogP contribution is 2.27. The Morgan fingerprint density at radius 1 is 1.21 bits per heavy atom. The van der Waals surface area contributed by atoms with Crippen molar-refractivity contribution in [3.63, 3.8) is 0 Å². The van der Waals surface area contributed by atoms with Gasteiger partial charge in [0.1, 0.15) is 12.3 Å². The summed E-state index contributed by atoms with van der Waals surface area (Å²) in [4.78, 5) is 28.9. The highest BCUT2D eigenvalue weighted by atomic mass is 35.5. The molecule has 3 aromatic rings. The van der Waals surface area contributed by atoms with Crippen molar-refractivity contribution in [1.29, 1.82) is 0 Å². The van der Waals surface area contributed by atoms with E-state index < -0.39 is 11.7 Å². The van der Waals surface area contributed by atoms with Gasteiger partial charge in [0, 0.05) is 18.0 Å². The summed E-state index contributed by atoms with van der Waals surface area (Å²) in [5.41, 5.74) is 0.589. The highest BCUT2D eigenvalue weighted by Gasteiger charge is 2.20. The highest BCUT2D eigenvalue weighted by molar-refractivity contribution is 6.33. The quantitative estimate of drug-likeness (QED) is 0.550. The number of rotatable bonds is 7. The summed E-state index contributed by atoms with van der Waals surface area (Å²) in [6.45, 7) is 5.48. The average molecular weight is 417 g/mol. The first-order valence-corrected chi connectivity index (χ1v) is 9.51. The molecule has 0 fully saturated rings. The SMILES string of the molecule is CCOC(=O)Cn1nc(-c2ccncc2Cl)n(-c2ccc(OC(C)C)cc2)c1=O. The van der Waals surface area contributed by atoms with E-state index >= 15 is 0 Å². The van der Waals surface area contributed by atoms with E-state index in [9.17, 15) is 9.59 Å². The number of pyridine rings is 1. The molecule has 29 heavy (non-hydrogen) atoms. The van der Waals surface area contributed by atoms with E-state index in [4.69, 9.17) is 21.1 Å². The zero-order valence-electron chi connectivity index (χ0n) is 16.3. The lowest BCUT2D eigenvalue weighted by Crippen LogP contribution is -2.28. The third kappa shape index (κ3) is 4.65. The maximum Gasteiger partial charge on any atom is 0.351 e. The predicted molar refractivity (Wildman–Crippen MR) is 108 cm³/mol. The number of carbonyl (C=O) groups excluding carboxylic acids is 1. The van der Waals surface area contributed by atoms with Crippen LogP contribution < -0.4 is 10.4 Å².